The first-order chi connectivity index (χ1) is 14.4. The number of likely N-dealkylation sites (N-methyl/N-ethyl adjacent to an activating group) is 1. The van der Waals surface area contributed by atoms with Crippen LogP contribution in [0.2, 0.25) is 0 Å². The number of hydrogen-bond acceptors (Lipinski definition) is 7. The van der Waals surface area contributed by atoms with E-state index in [2.05, 4.69) is 20.3 Å². The molecule has 0 fully saturated rings. The molecule has 0 aliphatic heterocycles. The van der Waals surface area contributed by atoms with Gasteiger partial charge >= 0.3 is 0 Å². The van der Waals surface area contributed by atoms with Gasteiger partial charge in [0.1, 0.15) is 17.8 Å². The van der Waals surface area contributed by atoms with E-state index in [0.29, 0.717) is 35.4 Å². The van der Waals surface area contributed by atoms with Crippen LogP contribution in [-0.2, 0) is 16.0 Å². The molecule has 8 nitrogen and oxygen atoms in total. The molecule has 9 heteroatoms. The molecule has 30 heavy (non-hydrogen) atoms. The lowest BCUT2D eigenvalue weighted by atomic mass is 10.1. The second kappa shape index (κ2) is 10.0. The number of hydrogen-bond donors (Lipinski definition) is 1. The lowest BCUT2D eigenvalue weighted by molar-refractivity contribution is -0.127. The van der Waals surface area contributed by atoms with Gasteiger partial charge in [-0.05, 0) is 28.9 Å². The van der Waals surface area contributed by atoms with Crippen molar-refractivity contribution in [2.24, 2.45) is 0 Å². The molecule has 3 rings (SSSR count). The molecule has 2 aromatic heterocycles. The molecule has 0 bridgehead atoms. The SMILES string of the molecule is CC(=O)N(C)CCNc1cncc(Oc2ccc(-c3cncc([S+](C)[O-])c3)cc2)n1. The fourth-order valence-electron chi connectivity index (χ4n) is 2.56. The first kappa shape index (κ1) is 21.5. The highest BCUT2D eigenvalue weighted by Gasteiger charge is 2.08. The summed E-state index contributed by atoms with van der Waals surface area (Å²) in [6, 6.07) is 9.33. The van der Waals surface area contributed by atoms with Gasteiger partial charge in [0.2, 0.25) is 11.8 Å². The third-order valence-electron chi connectivity index (χ3n) is 4.36. The van der Waals surface area contributed by atoms with Crippen LogP contribution in [0.5, 0.6) is 11.6 Å². The molecule has 1 amide bonds. The lowest BCUT2D eigenvalue weighted by Crippen LogP contribution is -2.29. The van der Waals surface area contributed by atoms with Crippen molar-refractivity contribution in [1.82, 2.24) is 19.9 Å². The fourth-order valence-corrected chi connectivity index (χ4v) is 3.06. The number of carbonyl (C=O) groups is 1. The van der Waals surface area contributed by atoms with Gasteiger partial charge in [-0.1, -0.05) is 12.1 Å². The second-order valence-electron chi connectivity index (χ2n) is 6.60. The Morgan fingerprint density at radius 1 is 1.13 bits per heavy atom. The van der Waals surface area contributed by atoms with Crippen LogP contribution in [0.3, 0.4) is 0 Å². The van der Waals surface area contributed by atoms with Crippen molar-refractivity contribution in [3.8, 4) is 22.8 Å². The molecule has 1 aromatic carbocycles. The molecule has 1 N–H and O–H groups in total. The number of amides is 1. The van der Waals surface area contributed by atoms with Crippen molar-refractivity contribution in [2.45, 2.75) is 11.8 Å². The average molecular weight is 426 g/mol. The zero-order chi connectivity index (χ0) is 21.5. The third-order valence-corrected chi connectivity index (χ3v) is 5.25. The van der Waals surface area contributed by atoms with E-state index in [1.165, 1.54) is 13.1 Å². The van der Waals surface area contributed by atoms with E-state index in [0.717, 1.165) is 11.1 Å². The Balaban J connectivity index is 1.63. The summed E-state index contributed by atoms with van der Waals surface area (Å²) in [4.78, 5) is 26.2. The lowest BCUT2D eigenvalue weighted by Gasteiger charge is -2.15. The van der Waals surface area contributed by atoms with Gasteiger partial charge in [0.15, 0.2) is 4.90 Å². The first-order valence-corrected chi connectivity index (χ1v) is 10.8. The number of carbonyl (C=O) groups excluding carboxylic acids is 1. The predicted octanol–water partition coefficient (Wildman–Crippen LogP) is 2.96. The van der Waals surface area contributed by atoms with Crippen molar-refractivity contribution in [3.05, 3.63) is 55.1 Å². The molecule has 0 aliphatic carbocycles. The molecule has 2 heterocycles. The number of nitrogens with zero attached hydrogens (tertiary/aromatic N) is 4. The molecular formula is C21H23N5O3S. The first-order valence-electron chi connectivity index (χ1n) is 9.27. The highest BCUT2D eigenvalue weighted by atomic mass is 32.2. The van der Waals surface area contributed by atoms with Crippen LogP contribution in [0, 0.1) is 0 Å². The Labute approximate surface area is 178 Å². The van der Waals surface area contributed by atoms with Gasteiger partial charge < -0.3 is 19.5 Å². The number of nitrogens with one attached hydrogen (secondary N) is 1. The molecule has 156 valence electrons. The van der Waals surface area contributed by atoms with E-state index in [-0.39, 0.29) is 5.91 Å². The Bertz CT molecular complexity index is 998. The summed E-state index contributed by atoms with van der Waals surface area (Å²) in [7, 11) is 1.74. The smallest absolute Gasteiger partial charge is 0.239 e. The monoisotopic (exact) mass is 425 g/mol. The normalized spacial score (nSPS) is 11.6. The molecule has 0 radical (unpaired) electrons. The summed E-state index contributed by atoms with van der Waals surface area (Å²) in [5.41, 5.74) is 1.83. The number of benzene rings is 1. The summed E-state index contributed by atoms with van der Waals surface area (Å²) in [6.07, 6.45) is 8.10. The Morgan fingerprint density at radius 3 is 2.57 bits per heavy atom. The minimum atomic E-state index is -1.08. The fraction of sp³-hybridized carbons (Fsp3) is 0.238. The van der Waals surface area contributed by atoms with E-state index in [1.807, 2.05) is 30.3 Å². The molecular weight excluding hydrogens is 402 g/mol. The quantitative estimate of drug-likeness (QED) is 0.553. The van der Waals surface area contributed by atoms with Crippen LogP contribution in [0.4, 0.5) is 5.82 Å². The van der Waals surface area contributed by atoms with Crippen molar-refractivity contribution in [3.63, 3.8) is 0 Å². The van der Waals surface area contributed by atoms with Crippen molar-refractivity contribution < 1.29 is 14.1 Å². The minimum Gasteiger partial charge on any atom is -0.612 e. The van der Waals surface area contributed by atoms with Crippen LogP contribution in [0.25, 0.3) is 11.1 Å². The summed E-state index contributed by atoms with van der Waals surface area (Å²) < 4.78 is 17.5. The molecule has 0 saturated carbocycles. The van der Waals surface area contributed by atoms with Gasteiger partial charge in [-0.3, -0.25) is 14.8 Å². The zero-order valence-electron chi connectivity index (χ0n) is 17.0. The summed E-state index contributed by atoms with van der Waals surface area (Å²) in [5, 5.41) is 3.12. The molecule has 1 atom stereocenters. The third kappa shape index (κ3) is 5.91. The number of ether oxygens (including phenoxy) is 1. The van der Waals surface area contributed by atoms with Crippen molar-refractivity contribution in [2.75, 3.05) is 31.7 Å². The van der Waals surface area contributed by atoms with Gasteiger partial charge in [-0.25, -0.2) is 0 Å². The van der Waals surface area contributed by atoms with Gasteiger partial charge in [-0.15, -0.1) is 0 Å². The molecule has 1 unspecified atom stereocenters. The second-order valence-corrected chi connectivity index (χ2v) is 7.98. The van der Waals surface area contributed by atoms with Gasteiger partial charge in [0, 0.05) is 44.9 Å². The predicted molar refractivity (Wildman–Crippen MR) is 116 cm³/mol. The zero-order valence-corrected chi connectivity index (χ0v) is 17.8. The van der Waals surface area contributed by atoms with Crippen LogP contribution < -0.4 is 10.1 Å². The number of rotatable bonds is 8. The Kier molecular flexibility index (Phi) is 7.21. The largest absolute Gasteiger partial charge is 0.612 e. The van der Waals surface area contributed by atoms with E-state index in [4.69, 9.17) is 4.74 Å². The van der Waals surface area contributed by atoms with E-state index in [1.54, 1.807) is 36.8 Å². The van der Waals surface area contributed by atoms with Gasteiger partial charge in [0.05, 0.1) is 18.6 Å². The average Bonchev–Trinajstić information content (AvgIpc) is 2.74. The van der Waals surface area contributed by atoms with E-state index >= 15 is 0 Å². The van der Waals surface area contributed by atoms with E-state index in [9.17, 15) is 9.35 Å². The molecule has 3 aromatic rings. The highest BCUT2D eigenvalue weighted by molar-refractivity contribution is 7.90. The summed E-state index contributed by atoms with van der Waals surface area (Å²) in [5.74, 6) is 1.55. The molecule has 0 spiro atoms. The number of pyridine rings is 1. The molecule has 0 aliphatic rings. The van der Waals surface area contributed by atoms with Gasteiger partial charge in [-0.2, -0.15) is 4.98 Å². The topological polar surface area (TPSA) is 103 Å². The van der Waals surface area contributed by atoms with Crippen molar-refractivity contribution >= 4 is 22.9 Å². The number of anilines is 1. The van der Waals surface area contributed by atoms with Crippen LogP contribution in [-0.4, -0.2) is 56.7 Å². The minimum absolute atomic E-state index is 0.00822. The van der Waals surface area contributed by atoms with Crippen LogP contribution >= 0.6 is 0 Å². The van der Waals surface area contributed by atoms with E-state index < -0.39 is 11.2 Å². The van der Waals surface area contributed by atoms with Crippen LogP contribution in [0.15, 0.2) is 60.0 Å². The maximum Gasteiger partial charge on any atom is 0.239 e. The number of aromatic nitrogens is 3. The van der Waals surface area contributed by atoms with Crippen molar-refractivity contribution in [1.29, 1.82) is 0 Å². The molecule has 0 saturated heterocycles. The summed E-state index contributed by atoms with van der Waals surface area (Å²) in [6.45, 7) is 2.64. The maximum atomic E-state index is 11.7. The standard InChI is InChI=1S/C21H23N5O3S/c1-15(27)26(2)9-8-24-20-13-23-14-21(25-20)29-18-6-4-16(5-7-18)17-10-19(30(3)28)12-22-11-17/h4-7,10-14H,8-9H2,1-3H3,(H,24,25). The maximum absolute atomic E-state index is 11.7. The van der Waals surface area contributed by atoms with Crippen LogP contribution in [0.1, 0.15) is 6.92 Å². The summed E-state index contributed by atoms with van der Waals surface area (Å²) >= 11 is -1.08. The van der Waals surface area contributed by atoms with Gasteiger partial charge in [0.25, 0.3) is 0 Å². The Morgan fingerprint density at radius 2 is 1.87 bits per heavy atom. The highest BCUT2D eigenvalue weighted by Crippen LogP contribution is 2.26. The Hall–Kier alpha value is -3.17.